The second-order valence-electron chi connectivity index (χ2n) is 7.27. The first kappa shape index (κ1) is 21.2. The summed E-state index contributed by atoms with van der Waals surface area (Å²) >= 11 is 0. The van der Waals surface area contributed by atoms with Crippen LogP contribution in [0.15, 0.2) is 90.5 Å². The van der Waals surface area contributed by atoms with Crippen molar-refractivity contribution in [3.05, 3.63) is 102 Å². The normalized spacial score (nSPS) is 12.2. The number of hydrogen-bond donors (Lipinski definition) is 1. The van der Waals surface area contributed by atoms with Gasteiger partial charge in [-0.15, -0.1) is 0 Å². The average Bonchev–Trinajstić information content (AvgIpc) is 2.78. The summed E-state index contributed by atoms with van der Waals surface area (Å²) in [6.07, 6.45) is 2.12. The molecular weight excluding hydrogens is 372 g/mol. The van der Waals surface area contributed by atoms with E-state index in [1.54, 1.807) is 7.11 Å². The number of carbonyl (C=O) groups is 1. The van der Waals surface area contributed by atoms with Crippen LogP contribution in [0.1, 0.15) is 31.0 Å². The largest absolute Gasteiger partial charge is 0.497 e. The van der Waals surface area contributed by atoms with Gasteiger partial charge in [-0.25, -0.2) is 4.79 Å². The van der Waals surface area contributed by atoms with Crippen molar-refractivity contribution in [3.63, 3.8) is 0 Å². The zero-order valence-corrected chi connectivity index (χ0v) is 17.7. The Morgan fingerprint density at radius 2 is 1.57 bits per heavy atom. The van der Waals surface area contributed by atoms with Crippen molar-refractivity contribution in [1.29, 1.82) is 0 Å². The summed E-state index contributed by atoms with van der Waals surface area (Å²) in [5.41, 5.74) is 4.05. The third-order valence-electron chi connectivity index (χ3n) is 4.98. The first-order chi connectivity index (χ1) is 14.6. The van der Waals surface area contributed by atoms with Crippen LogP contribution in [0.2, 0.25) is 0 Å². The molecular formula is C26H28N2O2. The number of urea groups is 1. The second-order valence-corrected chi connectivity index (χ2v) is 7.27. The van der Waals surface area contributed by atoms with Crippen LogP contribution in [-0.2, 0) is 0 Å². The number of amides is 2. The molecule has 4 nitrogen and oxygen atoms in total. The van der Waals surface area contributed by atoms with Gasteiger partial charge in [0, 0.05) is 12.2 Å². The molecule has 0 spiro atoms. The van der Waals surface area contributed by atoms with E-state index in [2.05, 4.69) is 49.5 Å². The molecule has 3 aromatic carbocycles. The molecule has 0 fully saturated rings. The Kier molecular flexibility index (Phi) is 7.28. The van der Waals surface area contributed by atoms with Crippen LogP contribution in [0.4, 0.5) is 10.5 Å². The van der Waals surface area contributed by atoms with Gasteiger partial charge in [0.25, 0.3) is 0 Å². The van der Waals surface area contributed by atoms with Gasteiger partial charge in [0.05, 0.1) is 13.2 Å². The van der Waals surface area contributed by atoms with Crippen LogP contribution in [-0.4, -0.2) is 24.6 Å². The van der Waals surface area contributed by atoms with Gasteiger partial charge in [0.2, 0.25) is 0 Å². The number of benzene rings is 3. The van der Waals surface area contributed by atoms with Gasteiger partial charge in [0.15, 0.2) is 0 Å². The van der Waals surface area contributed by atoms with Crippen molar-refractivity contribution >= 4 is 17.8 Å². The third-order valence-corrected chi connectivity index (χ3v) is 4.98. The summed E-state index contributed by atoms with van der Waals surface area (Å²) in [5.74, 6) is 0.754. The van der Waals surface area contributed by atoms with Crippen molar-refractivity contribution < 1.29 is 9.53 Å². The van der Waals surface area contributed by atoms with Gasteiger partial charge < -0.3 is 15.0 Å². The molecule has 0 bridgehead atoms. The van der Waals surface area contributed by atoms with E-state index in [0.717, 1.165) is 28.1 Å². The van der Waals surface area contributed by atoms with E-state index in [4.69, 9.17) is 4.74 Å². The standard InChI is InChI=1S/C26H28N2O2/c1-20(18-22-10-6-4-7-11-22)19-28(21(2)23-12-8-5-9-13-23)26(29)27-24-14-16-25(30-3)17-15-24/h4-18,21H,19H2,1-3H3,(H,27,29)/b20-18+. The van der Waals surface area contributed by atoms with Crippen LogP contribution in [0.25, 0.3) is 6.08 Å². The van der Waals surface area contributed by atoms with Crippen molar-refractivity contribution in [1.82, 2.24) is 4.90 Å². The van der Waals surface area contributed by atoms with Crippen LogP contribution >= 0.6 is 0 Å². The molecule has 2 amide bonds. The molecule has 0 radical (unpaired) electrons. The lowest BCUT2D eigenvalue weighted by Gasteiger charge is -2.30. The van der Waals surface area contributed by atoms with Crippen LogP contribution < -0.4 is 10.1 Å². The Labute approximate surface area is 178 Å². The predicted molar refractivity (Wildman–Crippen MR) is 124 cm³/mol. The highest BCUT2D eigenvalue weighted by Crippen LogP contribution is 2.24. The van der Waals surface area contributed by atoms with Crippen molar-refractivity contribution in [2.75, 3.05) is 19.0 Å². The average molecular weight is 401 g/mol. The van der Waals surface area contributed by atoms with E-state index in [9.17, 15) is 4.79 Å². The molecule has 30 heavy (non-hydrogen) atoms. The molecule has 0 saturated heterocycles. The zero-order chi connectivity index (χ0) is 21.3. The summed E-state index contributed by atoms with van der Waals surface area (Å²) < 4.78 is 5.20. The molecule has 0 heterocycles. The summed E-state index contributed by atoms with van der Waals surface area (Å²) in [4.78, 5) is 15.1. The Balaban J connectivity index is 1.82. The first-order valence-corrected chi connectivity index (χ1v) is 10.1. The highest BCUT2D eigenvalue weighted by atomic mass is 16.5. The molecule has 3 rings (SSSR count). The van der Waals surface area contributed by atoms with E-state index < -0.39 is 0 Å². The fourth-order valence-corrected chi connectivity index (χ4v) is 3.31. The molecule has 1 atom stereocenters. The number of nitrogens with zero attached hydrogens (tertiary/aromatic N) is 1. The fourth-order valence-electron chi connectivity index (χ4n) is 3.31. The van der Waals surface area contributed by atoms with Crippen LogP contribution in [0.3, 0.4) is 0 Å². The lowest BCUT2D eigenvalue weighted by molar-refractivity contribution is 0.199. The SMILES string of the molecule is COc1ccc(NC(=O)N(C/C(C)=C/c2ccccc2)C(C)c2ccccc2)cc1. The highest BCUT2D eigenvalue weighted by molar-refractivity contribution is 5.90. The molecule has 1 N–H and O–H groups in total. The number of carbonyl (C=O) groups excluding carboxylic acids is 1. The van der Waals surface area contributed by atoms with E-state index in [0.29, 0.717) is 6.54 Å². The third kappa shape index (κ3) is 5.74. The van der Waals surface area contributed by atoms with Gasteiger partial charge in [0.1, 0.15) is 5.75 Å². The second kappa shape index (κ2) is 10.3. The van der Waals surface area contributed by atoms with Crippen molar-refractivity contribution in [3.8, 4) is 5.75 Å². The van der Waals surface area contributed by atoms with Crippen LogP contribution in [0, 0.1) is 0 Å². The molecule has 0 aliphatic carbocycles. The first-order valence-electron chi connectivity index (χ1n) is 10.1. The van der Waals surface area contributed by atoms with Gasteiger partial charge >= 0.3 is 6.03 Å². The molecule has 0 aliphatic heterocycles. The topological polar surface area (TPSA) is 41.6 Å². The van der Waals surface area contributed by atoms with E-state index in [1.165, 1.54) is 0 Å². The molecule has 3 aromatic rings. The smallest absolute Gasteiger partial charge is 0.322 e. The van der Waals surface area contributed by atoms with Gasteiger partial charge in [-0.3, -0.25) is 0 Å². The maximum Gasteiger partial charge on any atom is 0.322 e. The summed E-state index contributed by atoms with van der Waals surface area (Å²) in [5, 5.41) is 3.02. The Bertz CT molecular complexity index is 967. The number of hydrogen-bond acceptors (Lipinski definition) is 2. The summed E-state index contributed by atoms with van der Waals surface area (Å²) in [6, 6.07) is 27.4. The number of anilines is 1. The molecule has 0 aromatic heterocycles. The fraction of sp³-hybridized carbons (Fsp3) is 0.192. The number of rotatable bonds is 7. The lowest BCUT2D eigenvalue weighted by atomic mass is 10.1. The molecule has 0 aliphatic rings. The molecule has 1 unspecified atom stereocenters. The maximum absolute atomic E-state index is 13.2. The number of methoxy groups -OCH3 is 1. The van der Waals surface area contributed by atoms with Gasteiger partial charge in [-0.2, -0.15) is 0 Å². The minimum absolute atomic E-state index is 0.0800. The zero-order valence-electron chi connectivity index (χ0n) is 17.7. The summed E-state index contributed by atoms with van der Waals surface area (Å²) in [6.45, 7) is 4.63. The summed E-state index contributed by atoms with van der Waals surface area (Å²) in [7, 11) is 1.62. The molecule has 4 heteroatoms. The Morgan fingerprint density at radius 3 is 2.17 bits per heavy atom. The molecule has 0 saturated carbocycles. The maximum atomic E-state index is 13.2. The quantitative estimate of drug-likeness (QED) is 0.499. The number of nitrogens with one attached hydrogen (secondary N) is 1. The van der Waals surface area contributed by atoms with E-state index in [1.807, 2.05) is 65.6 Å². The van der Waals surface area contributed by atoms with Crippen molar-refractivity contribution in [2.45, 2.75) is 19.9 Å². The van der Waals surface area contributed by atoms with Gasteiger partial charge in [-0.05, 0) is 49.2 Å². The minimum Gasteiger partial charge on any atom is -0.497 e. The Hall–Kier alpha value is -3.53. The van der Waals surface area contributed by atoms with E-state index in [-0.39, 0.29) is 12.1 Å². The predicted octanol–water partition coefficient (Wildman–Crippen LogP) is 6.39. The molecule has 154 valence electrons. The minimum atomic E-state index is -0.141. The Morgan fingerprint density at radius 1 is 0.967 bits per heavy atom. The van der Waals surface area contributed by atoms with Crippen molar-refractivity contribution in [2.24, 2.45) is 0 Å². The highest BCUT2D eigenvalue weighted by Gasteiger charge is 2.22. The lowest BCUT2D eigenvalue weighted by Crippen LogP contribution is -2.38. The monoisotopic (exact) mass is 400 g/mol. The van der Waals surface area contributed by atoms with E-state index >= 15 is 0 Å². The van der Waals surface area contributed by atoms with Crippen LogP contribution in [0.5, 0.6) is 5.75 Å². The number of ether oxygens (including phenoxy) is 1. The van der Waals surface area contributed by atoms with Gasteiger partial charge in [-0.1, -0.05) is 72.3 Å².